The average molecular weight is 398 g/mol. The molecule has 0 atom stereocenters. The second kappa shape index (κ2) is 7.63. The highest BCUT2D eigenvalue weighted by atomic mass is 16.4. The lowest BCUT2D eigenvalue weighted by molar-refractivity contribution is -0.115. The van der Waals surface area contributed by atoms with E-state index in [-0.39, 0.29) is 12.3 Å². The van der Waals surface area contributed by atoms with Crippen molar-refractivity contribution in [2.45, 2.75) is 32.6 Å². The number of amides is 1. The Bertz CT molecular complexity index is 1190. The van der Waals surface area contributed by atoms with E-state index in [4.69, 9.17) is 9.52 Å². The minimum Gasteiger partial charge on any atom is -0.441 e. The number of rotatable bonds is 5. The Morgan fingerprint density at radius 3 is 2.57 bits per heavy atom. The third kappa shape index (κ3) is 3.41. The fourth-order valence-corrected chi connectivity index (χ4v) is 3.90. The van der Waals surface area contributed by atoms with Crippen molar-refractivity contribution in [1.82, 2.24) is 14.8 Å². The Morgan fingerprint density at radius 2 is 1.80 bits per heavy atom. The van der Waals surface area contributed by atoms with Crippen LogP contribution >= 0.6 is 0 Å². The number of aryl methyl sites for hydroxylation is 2. The van der Waals surface area contributed by atoms with Crippen LogP contribution in [0.3, 0.4) is 0 Å². The first-order valence-electron chi connectivity index (χ1n) is 10.2. The van der Waals surface area contributed by atoms with E-state index in [0.29, 0.717) is 17.3 Å². The first kappa shape index (κ1) is 18.4. The summed E-state index contributed by atoms with van der Waals surface area (Å²) in [5.41, 5.74) is 4.68. The molecule has 1 aliphatic carbocycles. The highest BCUT2D eigenvalue weighted by Gasteiger charge is 2.25. The van der Waals surface area contributed by atoms with E-state index < -0.39 is 0 Å². The molecule has 0 aliphatic heterocycles. The Morgan fingerprint density at radius 1 is 1.07 bits per heavy atom. The summed E-state index contributed by atoms with van der Waals surface area (Å²) in [7, 11) is 0. The minimum atomic E-state index is -0.127. The number of oxazole rings is 1. The van der Waals surface area contributed by atoms with Crippen molar-refractivity contribution < 1.29 is 9.21 Å². The molecule has 150 valence electrons. The summed E-state index contributed by atoms with van der Waals surface area (Å²) in [5, 5.41) is 7.84. The van der Waals surface area contributed by atoms with Gasteiger partial charge in [0.15, 0.2) is 0 Å². The van der Waals surface area contributed by atoms with Crippen molar-refractivity contribution in [1.29, 1.82) is 0 Å². The highest BCUT2D eigenvalue weighted by Crippen LogP contribution is 2.31. The lowest BCUT2D eigenvalue weighted by Gasteiger charge is -2.10. The van der Waals surface area contributed by atoms with Gasteiger partial charge < -0.3 is 9.73 Å². The summed E-state index contributed by atoms with van der Waals surface area (Å²) in [6, 6.07) is 19.6. The number of nitrogens with zero attached hydrogens (tertiary/aromatic N) is 3. The van der Waals surface area contributed by atoms with Crippen LogP contribution in [0.25, 0.3) is 17.1 Å². The molecule has 1 amide bonds. The molecule has 1 N–H and O–H groups in total. The molecule has 0 unspecified atom stereocenters. The number of carbonyl (C=O) groups excluding carboxylic acids is 1. The third-order valence-electron chi connectivity index (χ3n) is 5.41. The molecule has 30 heavy (non-hydrogen) atoms. The van der Waals surface area contributed by atoms with Gasteiger partial charge in [0.1, 0.15) is 11.6 Å². The number of nitrogens with one attached hydrogen (secondary N) is 1. The number of anilines is 1. The van der Waals surface area contributed by atoms with Gasteiger partial charge in [0.25, 0.3) is 0 Å². The summed E-state index contributed by atoms with van der Waals surface area (Å²) in [4.78, 5) is 17.5. The Balaban J connectivity index is 1.40. The summed E-state index contributed by atoms with van der Waals surface area (Å²) in [6.07, 6.45) is 3.09. The predicted molar refractivity (Wildman–Crippen MR) is 115 cm³/mol. The van der Waals surface area contributed by atoms with Gasteiger partial charge in [0.2, 0.25) is 11.8 Å². The Kier molecular flexibility index (Phi) is 4.67. The monoisotopic (exact) mass is 398 g/mol. The molecule has 4 aromatic rings. The van der Waals surface area contributed by atoms with Crippen LogP contribution in [0.4, 0.5) is 5.82 Å². The van der Waals surface area contributed by atoms with E-state index in [1.807, 2.05) is 72.3 Å². The van der Waals surface area contributed by atoms with Crippen LogP contribution in [-0.2, 0) is 24.1 Å². The van der Waals surface area contributed by atoms with Crippen LogP contribution in [-0.4, -0.2) is 20.7 Å². The zero-order valence-corrected chi connectivity index (χ0v) is 16.8. The molecule has 0 saturated carbocycles. The molecular formula is C24H22N4O2. The fraction of sp³-hybridized carbons (Fsp3) is 0.208. The fourth-order valence-electron chi connectivity index (χ4n) is 3.90. The maximum atomic E-state index is 12.9. The van der Waals surface area contributed by atoms with E-state index in [2.05, 4.69) is 10.3 Å². The van der Waals surface area contributed by atoms with Crippen molar-refractivity contribution in [3.63, 3.8) is 0 Å². The molecule has 1 aliphatic rings. The zero-order valence-electron chi connectivity index (χ0n) is 16.8. The van der Waals surface area contributed by atoms with Gasteiger partial charge in [0, 0.05) is 11.1 Å². The number of hydrogen-bond acceptors (Lipinski definition) is 4. The van der Waals surface area contributed by atoms with Crippen LogP contribution in [0, 0.1) is 6.92 Å². The van der Waals surface area contributed by atoms with Gasteiger partial charge in [0.05, 0.1) is 23.5 Å². The van der Waals surface area contributed by atoms with Crippen LogP contribution in [0.5, 0.6) is 0 Å². The van der Waals surface area contributed by atoms with Gasteiger partial charge in [-0.2, -0.15) is 5.10 Å². The minimum absolute atomic E-state index is 0.127. The van der Waals surface area contributed by atoms with E-state index >= 15 is 0 Å². The van der Waals surface area contributed by atoms with Gasteiger partial charge in [-0.05, 0) is 50.5 Å². The van der Waals surface area contributed by atoms with Crippen molar-refractivity contribution >= 4 is 11.7 Å². The largest absolute Gasteiger partial charge is 0.441 e. The normalized spacial score (nSPS) is 12.7. The van der Waals surface area contributed by atoms with Crippen molar-refractivity contribution in [2.75, 3.05) is 5.32 Å². The smallest absolute Gasteiger partial charge is 0.231 e. The molecule has 6 nitrogen and oxygen atoms in total. The second-order valence-electron chi connectivity index (χ2n) is 7.49. The standard InChI is InChI=1S/C24H22N4O2/c1-16-21(25-24(30-16)17-9-4-2-5-10-17)15-22(29)26-23-19-13-8-14-20(19)27-28(23)18-11-6-3-7-12-18/h2-7,9-12H,8,13-15H2,1H3,(H,26,29). The maximum Gasteiger partial charge on any atom is 0.231 e. The Labute approximate surface area is 174 Å². The number of para-hydroxylation sites is 1. The zero-order chi connectivity index (χ0) is 20.5. The van der Waals surface area contributed by atoms with Crippen LogP contribution in [0.1, 0.15) is 29.1 Å². The van der Waals surface area contributed by atoms with Crippen molar-refractivity contribution in [3.05, 3.63) is 83.4 Å². The van der Waals surface area contributed by atoms with Crippen LogP contribution in [0.2, 0.25) is 0 Å². The number of fused-ring (bicyclic) bond motifs is 1. The molecule has 2 heterocycles. The topological polar surface area (TPSA) is 73.0 Å². The molecule has 2 aromatic carbocycles. The number of carbonyl (C=O) groups is 1. The number of benzene rings is 2. The van der Waals surface area contributed by atoms with Crippen molar-refractivity contribution in [2.24, 2.45) is 0 Å². The van der Waals surface area contributed by atoms with Crippen LogP contribution in [0.15, 0.2) is 65.1 Å². The van der Waals surface area contributed by atoms with E-state index in [0.717, 1.165) is 47.6 Å². The molecule has 0 fully saturated rings. The van der Waals surface area contributed by atoms with Gasteiger partial charge in [-0.25, -0.2) is 9.67 Å². The molecule has 0 radical (unpaired) electrons. The number of hydrogen-bond donors (Lipinski definition) is 1. The summed E-state index contributed by atoms with van der Waals surface area (Å²) in [5.74, 6) is 1.83. The molecule has 2 aromatic heterocycles. The SMILES string of the molecule is Cc1oc(-c2ccccc2)nc1CC(=O)Nc1c2c(nn1-c1ccccc1)CCC2. The highest BCUT2D eigenvalue weighted by molar-refractivity contribution is 5.92. The molecule has 0 spiro atoms. The first-order valence-corrected chi connectivity index (χ1v) is 10.2. The average Bonchev–Trinajstić information content (AvgIpc) is 3.46. The summed E-state index contributed by atoms with van der Waals surface area (Å²) in [6.45, 7) is 1.84. The Hall–Kier alpha value is -3.67. The van der Waals surface area contributed by atoms with E-state index in [1.54, 1.807) is 0 Å². The van der Waals surface area contributed by atoms with Crippen molar-refractivity contribution in [3.8, 4) is 17.1 Å². The molecule has 0 saturated heterocycles. The number of aromatic nitrogens is 3. The van der Waals surface area contributed by atoms with E-state index in [9.17, 15) is 4.79 Å². The van der Waals surface area contributed by atoms with Gasteiger partial charge in [-0.15, -0.1) is 0 Å². The second-order valence-corrected chi connectivity index (χ2v) is 7.49. The van der Waals surface area contributed by atoms with Gasteiger partial charge in [-0.1, -0.05) is 36.4 Å². The molecule has 6 heteroatoms. The summed E-state index contributed by atoms with van der Waals surface area (Å²) < 4.78 is 7.64. The molecule has 0 bridgehead atoms. The third-order valence-corrected chi connectivity index (χ3v) is 5.41. The van der Waals surface area contributed by atoms with Crippen LogP contribution < -0.4 is 5.32 Å². The van der Waals surface area contributed by atoms with Gasteiger partial charge in [-0.3, -0.25) is 4.79 Å². The van der Waals surface area contributed by atoms with E-state index in [1.165, 1.54) is 0 Å². The quantitative estimate of drug-likeness (QED) is 0.537. The maximum absolute atomic E-state index is 12.9. The first-order chi connectivity index (χ1) is 14.7. The van der Waals surface area contributed by atoms with Gasteiger partial charge >= 0.3 is 0 Å². The molecular weight excluding hydrogens is 376 g/mol. The molecule has 5 rings (SSSR count). The lowest BCUT2D eigenvalue weighted by atomic mass is 10.2. The predicted octanol–water partition coefficient (Wildman–Crippen LogP) is 4.51. The lowest BCUT2D eigenvalue weighted by Crippen LogP contribution is -2.18. The summed E-state index contributed by atoms with van der Waals surface area (Å²) >= 11 is 0.